The summed E-state index contributed by atoms with van der Waals surface area (Å²) in [4.78, 5) is 15.9. The zero-order chi connectivity index (χ0) is 14.7. The SMILES string of the molecule is COc1ccc(Cl)c(NC(=O)c2cnc(Cl)c(Cl)c2)c1. The lowest BCUT2D eigenvalue weighted by atomic mass is 10.2. The van der Waals surface area contributed by atoms with E-state index < -0.39 is 5.91 Å². The van der Waals surface area contributed by atoms with E-state index in [1.54, 1.807) is 18.2 Å². The lowest BCUT2D eigenvalue weighted by Gasteiger charge is -2.09. The fraction of sp³-hybridized carbons (Fsp3) is 0.0769. The fourth-order valence-corrected chi connectivity index (χ4v) is 1.90. The summed E-state index contributed by atoms with van der Waals surface area (Å²) in [6.07, 6.45) is 1.33. The zero-order valence-electron chi connectivity index (χ0n) is 10.3. The van der Waals surface area contributed by atoms with Crippen LogP contribution in [0.3, 0.4) is 0 Å². The molecule has 0 unspecified atom stereocenters. The van der Waals surface area contributed by atoms with Gasteiger partial charge in [-0.25, -0.2) is 4.98 Å². The van der Waals surface area contributed by atoms with Gasteiger partial charge < -0.3 is 10.1 Å². The summed E-state index contributed by atoms with van der Waals surface area (Å²) >= 11 is 17.5. The molecule has 20 heavy (non-hydrogen) atoms. The first-order valence-electron chi connectivity index (χ1n) is 5.47. The van der Waals surface area contributed by atoms with Crippen LogP contribution in [-0.4, -0.2) is 18.0 Å². The smallest absolute Gasteiger partial charge is 0.257 e. The van der Waals surface area contributed by atoms with Gasteiger partial charge in [0.05, 0.1) is 28.4 Å². The monoisotopic (exact) mass is 330 g/mol. The fourth-order valence-electron chi connectivity index (χ4n) is 1.47. The Hall–Kier alpha value is -1.49. The molecule has 0 saturated carbocycles. The average Bonchev–Trinajstić information content (AvgIpc) is 2.44. The van der Waals surface area contributed by atoms with Crippen LogP contribution in [0.15, 0.2) is 30.5 Å². The van der Waals surface area contributed by atoms with E-state index in [4.69, 9.17) is 39.5 Å². The number of amides is 1. The molecule has 0 radical (unpaired) electrons. The topological polar surface area (TPSA) is 51.2 Å². The summed E-state index contributed by atoms with van der Waals surface area (Å²) in [6.45, 7) is 0. The number of methoxy groups -OCH3 is 1. The molecule has 1 aromatic carbocycles. The molecule has 1 aromatic heterocycles. The Kier molecular flexibility index (Phi) is 4.70. The van der Waals surface area contributed by atoms with Crippen molar-refractivity contribution < 1.29 is 9.53 Å². The molecular weight excluding hydrogens is 323 g/mol. The predicted molar refractivity (Wildman–Crippen MR) is 80.2 cm³/mol. The van der Waals surface area contributed by atoms with Gasteiger partial charge in [-0.3, -0.25) is 4.79 Å². The van der Waals surface area contributed by atoms with Crippen molar-refractivity contribution in [3.05, 3.63) is 51.2 Å². The highest BCUT2D eigenvalue weighted by molar-refractivity contribution is 6.41. The van der Waals surface area contributed by atoms with Gasteiger partial charge in [0.1, 0.15) is 10.9 Å². The molecule has 0 fully saturated rings. The lowest BCUT2D eigenvalue weighted by molar-refractivity contribution is 0.102. The molecule has 0 aliphatic carbocycles. The Morgan fingerprint density at radius 3 is 2.60 bits per heavy atom. The molecule has 0 saturated heterocycles. The van der Waals surface area contributed by atoms with Crippen molar-refractivity contribution in [1.82, 2.24) is 4.98 Å². The van der Waals surface area contributed by atoms with Crippen LogP contribution in [-0.2, 0) is 0 Å². The number of nitrogens with one attached hydrogen (secondary N) is 1. The van der Waals surface area contributed by atoms with E-state index in [-0.39, 0.29) is 15.7 Å². The van der Waals surface area contributed by atoms with Gasteiger partial charge in [-0.15, -0.1) is 0 Å². The van der Waals surface area contributed by atoms with E-state index in [0.717, 1.165) is 0 Å². The summed E-state index contributed by atoms with van der Waals surface area (Å²) in [6, 6.07) is 6.37. The van der Waals surface area contributed by atoms with Gasteiger partial charge in [0.25, 0.3) is 5.91 Å². The Bertz CT molecular complexity index is 662. The molecule has 0 aliphatic heterocycles. The van der Waals surface area contributed by atoms with Gasteiger partial charge in [0, 0.05) is 12.3 Å². The quantitative estimate of drug-likeness (QED) is 0.853. The van der Waals surface area contributed by atoms with Crippen LogP contribution in [0, 0.1) is 0 Å². The molecule has 4 nitrogen and oxygen atoms in total. The first-order chi connectivity index (χ1) is 9.51. The third kappa shape index (κ3) is 3.33. The summed E-state index contributed by atoms with van der Waals surface area (Å²) in [7, 11) is 1.53. The van der Waals surface area contributed by atoms with Crippen molar-refractivity contribution in [2.45, 2.75) is 0 Å². The highest BCUT2D eigenvalue weighted by atomic mass is 35.5. The molecule has 1 amide bonds. The van der Waals surface area contributed by atoms with Gasteiger partial charge in [-0.1, -0.05) is 34.8 Å². The van der Waals surface area contributed by atoms with E-state index in [1.807, 2.05) is 0 Å². The highest BCUT2D eigenvalue weighted by Crippen LogP contribution is 2.27. The van der Waals surface area contributed by atoms with Crippen LogP contribution < -0.4 is 10.1 Å². The number of carbonyl (C=O) groups is 1. The van der Waals surface area contributed by atoms with Gasteiger partial charge in [-0.2, -0.15) is 0 Å². The standard InChI is InChI=1S/C13H9Cl3N2O2/c1-20-8-2-3-9(14)11(5-8)18-13(19)7-4-10(15)12(16)17-6-7/h2-6H,1H3,(H,18,19). The minimum Gasteiger partial charge on any atom is -0.497 e. The number of carbonyl (C=O) groups excluding carboxylic acids is 1. The third-order valence-corrected chi connectivity index (χ3v) is 3.50. The number of benzene rings is 1. The summed E-state index contributed by atoms with van der Waals surface area (Å²) in [5.74, 6) is 0.184. The number of aromatic nitrogens is 1. The second-order valence-corrected chi connectivity index (χ2v) is 4.97. The van der Waals surface area contributed by atoms with Crippen molar-refractivity contribution in [3.8, 4) is 5.75 Å². The Balaban J connectivity index is 2.25. The molecule has 0 bridgehead atoms. The Labute approximate surface area is 130 Å². The molecule has 0 spiro atoms. The third-order valence-electron chi connectivity index (χ3n) is 2.48. The number of nitrogens with zero attached hydrogens (tertiary/aromatic N) is 1. The maximum Gasteiger partial charge on any atom is 0.257 e. The number of pyridine rings is 1. The van der Waals surface area contributed by atoms with Crippen LogP contribution in [0.4, 0.5) is 5.69 Å². The van der Waals surface area contributed by atoms with Gasteiger partial charge >= 0.3 is 0 Å². The molecule has 104 valence electrons. The van der Waals surface area contributed by atoms with Gasteiger partial charge in [0.2, 0.25) is 0 Å². The molecule has 0 atom stereocenters. The number of rotatable bonds is 3. The predicted octanol–water partition coefficient (Wildman–Crippen LogP) is 4.30. The molecule has 2 aromatic rings. The first kappa shape index (κ1) is 14.9. The van der Waals surface area contributed by atoms with Crippen molar-refractivity contribution in [2.75, 3.05) is 12.4 Å². The molecule has 0 aliphatic rings. The van der Waals surface area contributed by atoms with E-state index in [9.17, 15) is 4.79 Å². The second kappa shape index (κ2) is 6.31. The van der Waals surface area contributed by atoms with E-state index in [0.29, 0.717) is 16.5 Å². The lowest BCUT2D eigenvalue weighted by Crippen LogP contribution is -2.12. The Morgan fingerprint density at radius 1 is 1.20 bits per heavy atom. The first-order valence-corrected chi connectivity index (χ1v) is 6.60. The number of ether oxygens (including phenoxy) is 1. The van der Waals surface area contributed by atoms with Crippen LogP contribution in [0.25, 0.3) is 0 Å². The van der Waals surface area contributed by atoms with Crippen LogP contribution >= 0.6 is 34.8 Å². The number of hydrogen-bond acceptors (Lipinski definition) is 3. The maximum absolute atomic E-state index is 12.1. The summed E-state index contributed by atoms with van der Waals surface area (Å²) in [5, 5.41) is 3.40. The summed E-state index contributed by atoms with van der Waals surface area (Å²) < 4.78 is 5.07. The van der Waals surface area contributed by atoms with Gasteiger partial charge in [-0.05, 0) is 18.2 Å². The van der Waals surface area contributed by atoms with E-state index in [2.05, 4.69) is 10.3 Å². The summed E-state index contributed by atoms with van der Waals surface area (Å²) in [5.41, 5.74) is 0.709. The number of hydrogen-bond donors (Lipinski definition) is 1. The Morgan fingerprint density at radius 2 is 1.95 bits per heavy atom. The van der Waals surface area contributed by atoms with E-state index >= 15 is 0 Å². The number of anilines is 1. The van der Waals surface area contributed by atoms with Crippen LogP contribution in [0.1, 0.15) is 10.4 Å². The van der Waals surface area contributed by atoms with Crippen molar-refractivity contribution >= 4 is 46.4 Å². The van der Waals surface area contributed by atoms with E-state index in [1.165, 1.54) is 19.4 Å². The number of halogens is 3. The molecular formula is C13H9Cl3N2O2. The average molecular weight is 332 g/mol. The molecule has 7 heteroatoms. The van der Waals surface area contributed by atoms with Crippen molar-refractivity contribution in [1.29, 1.82) is 0 Å². The van der Waals surface area contributed by atoms with Crippen molar-refractivity contribution in [3.63, 3.8) is 0 Å². The van der Waals surface area contributed by atoms with Crippen molar-refractivity contribution in [2.24, 2.45) is 0 Å². The molecule has 1 N–H and O–H groups in total. The van der Waals surface area contributed by atoms with Crippen LogP contribution in [0.5, 0.6) is 5.75 Å². The minimum absolute atomic E-state index is 0.141. The second-order valence-electron chi connectivity index (χ2n) is 3.80. The largest absolute Gasteiger partial charge is 0.497 e. The minimum atomic E-state index is -0.397. The normalized spacial score (nSPS) is 10.2. The molecule has 1 heterocycles. The maximum atomic E-state index is 12.1. The zero-order valence-corrected chi connectivity index (χ0v) is 12.6. The van der Waals surface area contributed by atoms with Gasteiger partial charge in [0.15, 0.2) is 0 Å². The molecule has 2 rings (SSSR count). The van der Waals surface area contributed by atoms with Crippen LogP contribution in [0.2, 0.25) is 15.2 Å². The highest BCUT2D eigenvalue weighted by Gasteiger charge is 2.11.